The minimum atomic E-state index is -0.920. The molecule has 0 radical (unpaired) electrons. The molecule has 8 heteroatoms. The molecule has 0 aromatic heterocycles. The van der Waals surface area contributed by atoms with Gasteiger partial charge in [-0.05, 0) is 25.0 Å². The first-order chi connectivity index (χ1) is 12.5. The van der Waals surface area contributed by atoms with E-state index in [0.29, 0.717) is 37.4 Å². The molecule has 26 heavy (non-hydrogen) atoms. The number of anilines is 1. The lowest BCUT2D eigenvalue weighted by atomic mass is 10.0. The van der Waals surface area contributed by atoms with E-state index in [9.17, 15) is 14.4 Å². The van der Waals surface area contributed by atoms with Crippen molar-refractivity contribution in [3.8, 4) is 5.75 Å². The molecule has 2 fully saturated rings. The van der Waals surface area contributed by atoms with Crippen LogP contribution >= 0.6 is 0 Å². The molecule has 0 aliphatic carbocycles. The van der Waals surface area contributed by atoms with Crippen LogP contribution < -0.4 is 10.1 Å². The summed E-state index contributed by atoms with van der Waals surface area (Å²) in [4.78, 5) is 39.0. The van der Waals surface area contributed by atoms with E-state index in [-0.39, 0.29) is 30.9 Å². The van der Waals surface area contributed by atoms with Crippen molar-refractivity contribution in [1.82, 2.24) is 9.80 Å². The van der Waals surface area contributed by atoms with Crippen LogP contribution in [0.2, 0.25) is 0 Å². The first kappa shape index (κ1) is 18.0. The molecule has 1 aromatic rings. The maximum atomic E-state index is 12.4. The Kier molecular flexibility index (Phi) is 5.29. The molecule has 8 nitrogen and oxygen atoms in total. The second-order valence-electron chi connectivity index (χ2n) is 6.67. The van der Waals surface area contributed by atoms with Crippen LogP contribution in [0.15, 0.2) is 24.3 Å². The van der Waals surface area contributed by atoms with Crippen LogP contribution in [0.25, 0.3) is 0 Å². The number of benzene rings is 1. The number of urea groups is 1. The first-order valence-corrected chi connectivity index (χ1v) is 8.70. The summed E-state index contributed by atoms with van der Waals surface area (Å²) in [6.45, 7) is 1.33. The number of ether oxygens (including phenoxy) is 1. The first-order valence-electron chi connectivity index (χ1n) is 8.70. The van der Waals surface area contributed by atoms with Gasteiger partial charge in [0.25, 0.3) is 0 Å². The number of carbonyl (C=O) groups is 3. The fourth-order valence-corrected chi connectivity index (χ4v) is 3.53. The Hall–Kier alpha value is -2.77. The van der Waals surface area contributed by atoms with E-state index in [1.807, 2.05) is 0 Å². The Morgan fingerprint density at radius 2 is 2.00 bits per heavy atom. The summed E-state index contributed by atoms with van der Waals surface area (Å²) in [5.41, 5.74) is 0.662. The summed E-state index contributed by atoms with van der Waals surface area (Å²) < 4.78 is 5.14. The van der Waals surface area contributed by atoms with Crippen molar-refractivity contribution in [2.75, 3.05) is 32.1 Å². The minimum Gasteiger partial charge on any atom is -0.497 e. The number of carboxylic acids is 1. The Labute approximate surface area is 151 Å². The number of hydrogen-bond donors (Lipinski definition) is 2. The molecule has 1 unspecified atom stereocenters. The normalized spacial score (nSPS) is 21.0. The van der Waals surface area contributed by atoms with Gasteiger partial charge in [0, 0.05) is 43.9 Å². The van der Waals surface area contributed by atoms with Crippen LogP contribution in [0.1, 0.15) is 19.3 Å². The van der Waals surface area contributed by atoms with Crippen molar-refractivity contribution in [2.45, 2.75) is 25.3 Å². The van der Waals surface area contributed by atoms with Gasteiger partial charge in [-0.1, -0.05) is 6.07 Å². The maximum Gasteiger partial charge on any atom is 0.321 e. The van der Waals surface area contributed by atoms with Gasteiger partial charge in [-0.15, -0.1) is 0 Å². The van der Waals surface area contributed by atoms with Gasteiger partial charge < -0.3 is 25.0 Å². The summed E-state index contributed by atoms with van der Waals surface area (Å²) in [7, 11) is 1.57. The van der Waals surface area contributed by atoms with Gasteiger partial charge in [-0.3, -0.25) is 9.59 Å². The Bertz CT molecular complexity index is 700. The fourth-order valence-electron chi connectivity index (χ4n) is 3.53. The highest BCUT2D eigenvalue weighted by molar-refractivity contribution is 5.89. The molecular formula is C18H23N3O5. The maximum absolute atomic E-state index is 12.4. The van der Waals surface area contributed by atoms with E-state index in [2.05, 4.69) is 5.32 Å². The van der Waals surface area contributed by atoms with Gasteiger partial charge in [0.15, 0.2) is 0 Å². The fraction of sp³-hybridized carbons (Fsp3) is 0.500. The van der Waals surface area contributed by atoms with Crippen LogP contribution in [0.5, 0.6) is 5.75 Å². The zero-order chi connectivity index (χ0) is 18.7. The predicted molar refractivity (Wildman–Crippen MR) is 94.1 cm³/mol. The summed E-state index contributed by atoms with van der Waals surface area (Å²) >= 11 is 0. The molecule has 0 bridgehead atoms. The number of hydrogen-bond acceptors (Lipinski definition) is 4. The number of piperidine rings is 1. The van der Waals surface area contributed by atoms with Crippen LogP contribution in [-0.4, -0.2) is 65.6 Å². The number of nitrogens with one attached hydrogen (secondary N) is 1. The van der Waals surface area contributed by atoms with Crippen LogP contribution in [0, 0.1) is 5.92 Å². The number of rotatable bonds is 4. The molecule has 3 rings (SSSR count). The van der Waals surface area contributed by atoms with Crippen LogP contribution in [0.4, 0.5) is 10.5 Å². The summed E-state index contributed by atoms with van der Waals surface area (Å²) in [6, 6.07) is 6.97. The van der Waals surface area contributed by atoms with Gasteiger partial charge in [0.2, 0.25) is 5.91 Å². The van der Waals surface area contributed by atoms with Crippen molar-refractivity contribution in [2.24, 2.45) is 5.92 Å². The minimum absolute atomic E-state index is 0.00715. The van der Waals surface area contributed by atoms with E-state index in [4.69, 9.17) is 9.84 Å². The molecule has 0 saturated carbocycles. The predicted octanol–water partition coefficient (Wildman–Crippen LogP) is 1.62. The quantitative estimate of drug-likeness (QED) is 0.849. The zero-order valence-electron chi connectivity index (χ0n) is 14.7. The SMILES string of the molecule is COc1cccc(NC(=O)N2CCC(N3CC(C(=O)O)CC3=O)CC2)c1. The average Bonchev–Trinajstić information content (AvgIpc) is 3.04. The zero-order valence-corrected chi connectivity index (χ0v) is 14.7. The molecular weight excluding hydrogens is 338 g/mol. The number of likely N-dealkylation sites (tertiary alicyclic amines) is 2. The monoisotopic (exact) mass is 361 g/mol. The summed E-state index contributed by atoms with van der Waals surface area (Å²) in [5, 5.41) is 11.9. The second kappa shape index (κ2) is 7.63. The van der Waals surface area contributed by atoms with Crippen molar-refractivity contribution < 1.29 is 24.2 Å². The standard InChI is InChI=1S/C18H23N3O5/c1-26-15-4-2-3-13(10-15)19-18(25)20-7-5-14(6-8-20)21-11-12(17(23)24)9-16(21)22/h2-4,10,12,14H,5-9,11H2,1H3,(H,19,25)(H,23,24). The number of nitrogens with zero attached hydrogens (tertiary/aromatic N) is 2. The number of methoxy groups -OCH3 is 1. The van der Waals surface area contributed by atoms with E-state index in [0.717, 1.165) is 0 Å². The van der Waals surface area contributed by atoms with Crippen molar-refractivity contribution >= 4 is 23.6 Å². The summed E-state index contributed by atoms with van der Waals surface area (Å²) in [5.74, 6) is -0.966. The Balaban J connectivity index is 1.52. The van der Waals surface area contributed by atoms with Gasteiger partial charge in [0.05, 0.1) is 13.0 Å². The molecule has 2 N–H and O–H groups in total. The highest BCUT2D eigenvalue weighted by atomic mass is 16.5. The van der Waals surface area contributed by atoms with E-state index in [1.54, 1.807) is 41.2 Å². The smallest absolute Gasteiger partial charge is 0.321 e. The highest BCUT2D eigenvalue weighted by Crippen LogP contribution is 2.26. The third kappa shape index (κ3) is 3.89. The molecule has 1 aromatic carbocycles. The van der Waals surface area contributed by atoms with Crippen LogP contribution in [0.3, 0.4) is 0 Å². The third-order valence-electron chi connectivity index (χ3n) is 5.02. The molecule has 2 saturated heterocycles. The van der Waals surface area contributed by atoms with Crippen LogP contribution in [-0.2, 0) is 9.59 Å². The summed E-state index contributed by atoms with van der Waals surface area (Å²) in [6.07, 6.45) is 1.39. The average molecular weight is 361 g/mol. The highest BCUT2D eigenvalue weighted by Gasteiger charge is 2.39. The molecule has 2 aliphatic rings. The Morgan fingerprint density at radius 1 is 1.27 bits per heavy atom. The van der Waals surface area contributed by atoms with Crippen molar-refractivity contribution in [3.05, 3.63) is 24.3 Å². The number of aliphatic carboxylic acids is 1. The molecule has 0 spiro atoms. The van der Waals surface area contributed by atoms with Crippen molar-refractivity contribution in [1.29, 1.82) is 0 Å². The lowest BCUT2D eigenvalue weighted by Gasteiger charge is -2.36. The Morgan fingerprint density at radius 3 is 2.62 bits per heavy atom. The lowest BCUT2D eigenvalue weighted by Crippen LogP contribution is -2.48. The van der Waals surface area contributed by atoms with E-state index >= 15 is 0 Å². The third-order valence-corrected chi connectivity index (χ3v) is 5.02. The molecule has 1 atom stereocenters. The van der Waals surface area contributed by atoms with Gasteiger partial charge in [0.1, 0.15) is 5.75 Å². The molecule has 140 valence electrons. The largest absolute Gasteiger partial charge is 0.497 e. The van der Waals surface area contributed by atoms with Gasteiger partial charge >= 0.3 is 12.0 Å². The molecule has 3 amide bonds. The number of carboxylic acid groups (broad SMARTS) is 1. The molecule has 2 aliphatic heterocycles. The van der Waals surface area contributed by atoms with Gasteiger partial charge in [-0.25, -0.2) is 4.79 Å². The topological polar surface area (TPSA) is 99.2 Å². The van der Waals surface area contributed by atoms with Gasteiger partial charge in [-0.2, -0.15) is 0 Å². The number of carbonyl (C=O) groups excluding carboxylic acids is 2. The van der Waals surface area contributed by atoms with E-state index < -0.39 is 11.9 Å². The number of amides is 3. The molecule has 2 heterocycles. The van der Waals surface area contributed by atoms with Crippen molar-refractivity contribution in [3.63, 3.8) is 0 Å². The second-order valence-corrected chi connectivity index (χ2v) is 6.67. The van der Waals surface area contributed by atoms with E-state index in [1.165, 1.54) is 0 Å². The lowest BCUT2D eigenvalue weighted by molar-refractivity contribution is -0.141.